The van der Waals surface area contributed by atoms with Crippen molar-refractivity contribution >= 4 is 28.0 Å². The van der Waals surface area contributed by atoms with Gasteiger partial charge in [0.15, 0.2) is 6.10 Å². The van der Waals surface area contributed by atoms with Crippen LogP contribution in [0.15, 0.2) is 22.2 Å². The van der Waals surface area contributed by atoms with Crippen LogP contribution in [0.5, 0.6) is 5.75 Å². The lowest BCUT2D eigenvalue weighted by Crippen LogP contribution is -2.29. The topological polar surface area (TPSA) is 46.5 Å². The highest BCUT2D eigenvalue weighted by Gasteiger charge is 2.29. The van der Waals surface area contributed by atoms with Gasteiger partial charge in [-0.2, -0.15) is 0 Å². The van der Waals surface area contributed by atoms with E-state index in [1.165, 1.54) is 12.1 Å². The molecule has 17 heavy (non-hydrogen) atoms. The number of halogens is 3. The van der Waals surface area contributed by atoms with E-state index in [0.717, 1.165) is 6.07 Å². The first-order chi connectivity index (χ1) is 8.02. The molecule has 0 spiro atoms. The summed E-state index contributed by atoms with van der Waals surface area (Å²) in [5, 5.41) is 8.88. The lowest BCUT2D eigenvalue weighted by Gasteiger charge is -2.24. The number of carbonyl (C=O) groups is 1. The second-order valence-corrected chi connectivity index (χ2v) is 4.33. The Hall–Kier alpha value is -1.43. The molecule has 1 aromatic carbocycles. The number of aliphatic carboxylic acids is 1. The van der Waals surface area contributed by atoms with Crippen molar-refractivity contribution in [2.24, 2.45) is 0 Å². The third-order valence-corrected chi connectivity index (χ3v) is 2.93. The number of ether oxygens (including phenoxy) is 1. The van der Waals surface area contributed by atoms with Gasteiger partial charge in [-0.05, 0) is 34.1 Å². The Morgan fingerprint density at radius 3 is 2.82 bits per heavy atom. The molecule has 90 valence electrons. The number of carboxylic acids is 1. The van der Waals surface area contributed by atoms with Gasteiger partial charge >= 0.3 is 5.97 Å². The molecule has 1 N–H and O–H groups in total. The monoisotopic (exact) mass is 304 g/mol. The molecule has 0 bridgehead atoms. The van der Waals surface area contributed by atoms with Crippen LogP contribution in [0.1, 0.15) is 5.56 Å². The Labute approximate surface area is 104 Å². The smallest absolute Gasteiger partial charge is 0.335 e. The average Bonchev–Trinajstić information content (AvgIpc) is 2.27. The van der Waals surface area contributed by atoms with E-state index in [1.54, 1.807) is 0 Å². The quantitative estimate of drug-likeness (QED) is 0.914. The third-order valence-electron chi connectivity index (χ3n) is 2.34. The number of carboxylic acid groups (broad SMARTS) is 1. The minimum absolute atomic E-state index is 0.225. The fraction of sp³-hybridized carbons (Fsp3) is 0.182. The van der Waals surface area contributed by atoms with Crippen molar-refractivity contribution in [3.8, 4) is 5.75 Å². The molecule has 0 aromatic heterocycles. The van der Waals surface area contributed by atoms with Crippen LogP contribution in [0.2, 0.25) is 0 Å². The molecule has 1 unspecified atom stereocenters. The molecule has 0 saturated carbocycles. The molecular weight excluding hydrogens is 298 g/mol. The van der Waals surface area contributed by atoms with Gasteiger partial charge in [0.2, 0.25) is 0 Å². The molecule has 1 heterocycles. The van der Waals surface area contributed by atoms with E-state index in [0.29, 0.717) is 4.47 Å². The Bertz CT molecular complexity index is 514. The lowest BCUT2D eigenvalue weighted by atomic mass is 10.0. The highest BCUT2D eigenvalue weighted by atomic mass is 79.9. The van der Waals surface area contributed by atoms with Crippen molar-refractivity contribution in [1.82, 2.24) is 0 Å². The summed E-state index contributed by atoms with van der Waals surface area (Å²) < 4.78 is 31.3. The lowest BCUT2D eigenvalue weighted by molar-refractivity contribution is -0.133. The van der Waals surface area contributed by atoms with E-state index < -0.39 is 24.6 Å². The molecule has 0 amide bonds. The molecule has 1 atom stereocenters. The van der Waals surface area contributed by atoms with E-state index >= 15 is 0 Å². The van der Waals surface area contributed by atoms with E-state index in [1.807, 2.05) is 0 Å². The molecule has 1 aliphatic heterocycles. The first kappa shape index (κ1) is 12.0. The van der Waals surface area contributed by atoms with Gasteiger partial charge in [-0.3, -0.25) is 0 Å². The molecular formula is C11H7BrF2O3. The van der Waals surface area contributed by atoms with Crippen molar-refractivity contribution in [1.29, 1.82) is 0 Å². The van der Waals surface area contributed by atoms with Crippen LogP contribution in [0, 0.1) is 5.82 Å². The SMILES string of the molecule is O=C(O)C1=Cc2cc(F)cc(Br)c2OC1CF. The molecule has 0 radical (unpaired) electrons. The van der Waals surface area contributed by atoms with Crippen molar-refractivity contribution < 1.29 is 23.4 Å². The Morgan fingerprint density at radius 1 is 1.53 bits per heavy atom. The van der Waals surface area contributed by atoms with Crippen molar-refractivity contribution in [3.63, 3.8) is 0 Å². The molecule has 0 fully saturated rings. The second kappa shape index (κ2) is 4.44. The van der Waals surface area contributed by atoms with Crippen molar-refractivity contribution in [3.05, 3.63) is 33.6 Å². The van der Waals surface area contributed by atoms with E-state index in [4.69, 9.17) is 9.84 Å². The Morgan fingerprint density at radius 2 is 2.24 bits per heavy atom. The fourth-order valence-corrected chi connectivity index (χ4v) is 2.13. The van der Waals surface area contributed by atoms with E-state index in [2.05, 4.69) is 15.9 Å². The van der Waals surface area contributed by atoms with Gasteiger partial charge in [0.05, 0.1) is 10.0 Å². The minimum Gasteiger partial charge on any atom is -0.481 e. The summed E-state index contributed by atoms with van der Waals surface area (Å²) in [4.78, 5) is 10.9. The molecule has 3 nitrogen and oxygen atoms in total. The van der Waals surface area contributed by atoms with E-state index in [-0.39, 0.29) is 16.9 Å². The number of hydrogen-bond acceptors (Lipinski definition) is 2. The zero-order chi connectivity index (χ0) is 12.6. The third kappa shape index (κ3) is 2.17. The average molecular weight is 305 g/mol. The van der Waals surface area contributed by atoms with E-state index in [9.17, 15) is 13.6 Å². The Balaban J connectivity index is 2.57. The molecule has 6 heteroatoms. The van der Waals surface area contributed by atoms with Crippen LogP contribution in [-0.2, 0) is 4.79 Å². The molecule has 0 saturated heterocycles. The summed E-state index contributed by atoms with van der Waals surface area (Å²) in [6, 6.07) is 2.31. The van der Waals surface area contributed by atoms with Gasteiger partial charge in [-0.15, -0.1) is 0 Å². The van der Waals surface area contributed by atoms with Crippen molar-refractivity contribution in [2.45, 2.75) is 6.10 Å². The van der Waals surface area contributed by atoms with Gasteiger partial charge < -0.3 is 9.84 Å². The zero-order valence-corrected chi connectivity index (χ0v) is 10.0. The highest BCUT2D eigenvalue weighted by molar-refractivity contribution is 9.10. The van der Waals surface area contributed by atoms with Crippen LogP contribution in [0.4, 0.5) is 8.78 Å². The number of fused-ring (bicyclic) bond motifs is 1. The standard InChI is InChI=1S/C11H7BrF2O3/c12-8-3-6(14)1-5-2-7(11(15)16)9(4-13)17-10(5)8/h1-3,9H,4H2,(H,15,16). The maximum Gasteiger partial charge on any atom is 0.335 e. The number of rotatable bonds is 2. The summed E-state index contributed by atoms with van der Waals surface area (Å²) in [6.45, 7) is -0.957. The van der Waals surface area contributed by atoms with Crippen LogP contribution in [0.3, 0.4) is 0 Å². The summed E-state index contributed by atoms with van der Waals surface area (Å²) >= 11 is 3.08. The Kier molecular flexibility index (Phi) is 3.15. The second-order valence-electron chi connectivity index (χ2n) is 3.47. The predicted octanol–water partition coefficient (Wildman–Crippen LogP) is 2.79. The van der Waals surface area contributed by atoms with Crippen molar-refractivity contribution in [2.75, 3.05) is 6.67 Å². The molecule has 1 aromatic rings. The molecule has 0 aliphatic carbocycles. The maximum absolute atomic E-state index is 13.1. The van der Waals surface area contributed by atoms with Gasteiger partial charge in [-0.1, -0.05) is 0 Å². The zero-order valence-electron chi connectivity index (χ0n) is 8.41. The fourth-order valence-electron chi connectivity index (χ4n) is 1.59. The van der Waals surface area contributed by atoms with Gasteiger partial charge in [0.1, 0.15) is 18.2 Å². The molecule has 1 aliphatic rings. The van der Waals surface area contributed by atoms with Gasteiger partial charge in [-0.25, -0.2) is 13.6 Å². The van der Waals surface area contributed by atoms with Crippen LogP contribution in [-0.4, -0.2) is 23.9 Å². The first-order valence-electron chi connectivity index (χ1n) is 4.69. The summed E-state index contributed by atoms with van der Waals surface area (Å²) in [5.74, 6) is -1.56. The predicted molar refractivity (Wildman–Crippen MR) is 60.1 cm³/mol. The maximum atomic E-state index is 13.1. The highest BCUT2D eigenvalue weighted by Crippen LogP contribution is 2.37. The number of benzene rings is 1. The largest absolute Gasteiger partial charge is 0.481 e. The van der Waals surface area contributed by atoms with Crippen LogP contribution < -0.4 is 4.74 Å². The summed E-state index contributed by atoms with van der Waals surface area (Å²) in [6.07, 6.45) is 0.0564. The normalized spacial score (nSPS) is 18.1. The van der Waals surface area contributed by atoms with Crippen LogP contribution in [0.25, 0.3) is 6.08 Å². The summed E-state index contributed by atoms with van der Waals surface area (Å²) in [7, 11) is 0. The van der Waals surface area contributed by atoms with Gasteiger partial charge in [0.25, 0.3) is 0 Å². The van der Waals surface area contributed by atoms with Gasteiger partial charge in [0, 0.05) is 5.56 Å². The number of alkyl halides is 1. The number of hydrogen-bond donors (Lipinski definition) is 1. The first-order valence-corrected chi connectivity index (χ1v) is 5.48. The minimum atomic E-state index is -1.28. The molecule has 2 rings (SSSR count). The summed E-state index contributed by atoms with van der Waals surface area (Å²) in [5.41, 5.74) is 0.0523. The van der Waals surface area contributed by atoms with Crippen LogP contribution >= 0.6 is 15.9 Å².